The summed E-state index contributed by atoms with van der Waals surface area (Å²) in [6.07, 6.45) is 7.24. The van der Waals surface area contributed by atoms with Crippen molar-refractivity contribution in [3.05, 3.63) is 58.9 Å². The molecule has 1 N–H and O–H groups in total. The third kappa shape index (κ3) is 2.85. The molecule has 0 saturated heterocycles. The Morgan fingerprint density at radius 1 is 1.09 bits per heavy atom. The Morgan fingerprint density at radius 3 is 2.65 bits per heavy atom. The Bertz CT molecular complexity index is 723. The summed E-state index contributed by atoms with van der Waals surface area (Å²) in [4.78, 5) is 12.6. The lowest BCUT2D eigenvalue weighted by molar-refractivity contribution is 0.0820. The van der Waals surface area contributed by atoms with Crippen LogP contribution in [0.25, 0.3) is 0 Å². The van der Waals surface area contributed by atoms with E-state index in [0.29, 0.717) is 5.69 Å². The third-order valence-electron chi connectivity index (χ3n) is 5.13. The Hall–Kier alpha value is -2.23. The van der Waals surface area contributed by atoms with Gasteiger partial charge in [0, 0.05) is 5.54 Å². The van der Waals surface area contributed by atoms with Crippen molar-refractivity contribution < 1.29 is 4.79 Å². The highest BCUT2D eigenvalue weighted by molar-refractivity contribution is 5.93. The topological polar surface area (TPSA) is 54.9 Å². The van der Waals surface area contributed by atoms with Crippen molar-refractivity contribution in [1.82, 2.24) is 15.5 Å². The van der Waals surface area contributed by atoms with E-state index in [1.807, 2.05) is 12.1 Å². The lowest BCUT2D eigenvalue weighted by atomic mass is 9.72. The van der Waals surface area contributed by atoms with Gasteiger partial charge in [-0.1, -0.05) is 30.3 Å². The van der Waals surface area contributed by atoms with E-state index in [-0.39, 0.29) is 11.4 Å². The number of aryl methyl sites for hydroxylation is 2. The molecule has 1 saturated carbocycles. The Labute approximate surface area is 136 Å². The van der Waals surface area contributed by atoms with Gasteiger partial charge in [-0.05, 0) is 62.1 Å². The van der Waals surface area contributed by atoms with Crippen LogP contribution in [0.2, 0.25) is 0 Å². The van der Waals surface area contributed by atoms with Gasteiger partial charge in [-0.3, -0.25) is 4.79 Å². The molecule has 1 fully saturated rings. The molecule has 4 rings (SSSR count). The summed E-state index contributed by atoms with van der Waals surface area (Å²) in [6.45, 7) is 0. The smallest absolute Gasteiger partial charge is 0.272 e. The van der Waals surface area contributed by atoms with Gasteiger partial charge in [-0.25, -0.2) is 0 Å². The quantitative estimate of drug-likeness (QED) is 0.945. The van der Waals surface area contributed by atoms with E-state index in [1.54, 1.807) is 0 Å². The Morgan fingerprint density at radius 2 is 1.91 bits per heavy atom. The van der Waals surface area contributed by atoms with Crippen LogP contribution in [-0.4, -0.2) is 21.6 Å². The minimum Gasteiger partial charge on any atom is -0.345 e. The monoisotopic (exact) mass is 307 g/mol. The highest BCUT2D eigenvalue weighted by Crippen LogP contribution is 2.35. The van der Waals surface area contributed by atoms with Crippen molar-refractivity contribution in [2.24, 2.45) is 0 Å². The number of benzene rings is 1. The lowest BCUT2D eigenvalue weighted by Gasteiger charge is -2.42. The minimum atomic E-state index is -0.112. The maximum atomic E-state index is 12.6. The standard InChI is InChI=1S/C19H21N3O/c23-18(17-12-15-8-4-9-16(15)21-22-17)20-19(10-5-11-19)13-14-6-2-1-3-7-14/h1-3,6-7,12H,4-5,8-11,13H2,(H,20,23). The van der Waals surface area contributed by atoms with Crippen molar-refractivity contribution in [3.63, 3.8) is 0 Å². The van der Waals surface area contributed by atoms with Crippen LogP contribution < -0.4 is 5.32 Å². The SMILES string of the molecule is O=C(NC1(Cc2ccccc2)CCC1)c1cc2c(nn1)CCC2. The van der Waals surface area contributed by atoms with Crippen molar-refractivity contribution in [2.45, 2.75) is 50.5 Å². The van der Waals surface area contributed by atoms with Gasteiger partial charge in [0.25, 0.3) is 5.91 Å². The van der Waals surface area contributed by atoms with Gasteiger partial charge < -0.3 is 5.32 Å². The van der Waals surface area contributed by atoms with Crippen molar-refractivity contribution in [3.8, 4) is 0 Å². The van der Waals surface area contributed by atoms with Gasteiger partial charge in [-0.15, -0.1) is 5.10 Å². The van der Waals surface area contributed by atoms with E-state index in [9.17, 15) is 4.79 Å². The largest absolute Gasteiger partial charge is 0.345 e. The molecule has 2 aromatic rings. The molecule has 0 atom stereocenters. The number of carbonyl (C=O) groups excluding carboxylic acids is 1. The molecule has 0 unspecified atom stereocenters. The summed E-state index contributed by atoms with van der Waals surface area (Å²) in [6, 6.07) is 12.3. The Balaban J connectivity index is 1.50. The molecule has 4 heteroatoms. The number of hydrogen-bond donors (Lipinski definition) is 1. The second-order valence-electron chi connectivity index (χ2n) is 6.81. The van der Waals surface area contributed by atoms with Crippen LogP contribution in [0.3, 0.4) is 0 Å². The molecule has 0 bridgehead atoms. The normalized spacial score (nSPS) is 18.1. The van der Waals surface area contributed by atoms with Crippen LogP contribution in [0.1, 0.15) is 53.0 Å². The van der Waals surface area contributed by atoms with E-state index in [4.69, 9.17) is 0 Å². The van der Waals surface area contributed by atoms with Gasteiger partial charge in [0.2, 0.25) is 0 Å². The van der Waals surface area contributed by atoms with Crippen LogP contribution in [0.15, 0.2) is 36.4 Å². The number of nitrogens with one attached hydrogen (secondary N) is 1. The van der Waals surface area contributed by atoms with Gasteiger partial charge in [-0.2, -0.15) is 5.10 Å². The van der Waals surface area contributed by atoms with E-state index in [2.05, 4.69) is 39.8 Å². The number of amides is 1. The van der Waals surface area contributed by atoms with E-state index in [0.717, 1.165) is 44.2 Å². The maximum absolute atomic E-state index is 12.6. The van der Waals surface area contributed by atoms with Crippen LogP contribution in [0, 0.1) is 0 Å². The second-order valence-corrected chi connectivity index (χ2v) is 6.81. The first kappa shape index (κ1) is 14.4. The average Bonchev–Trinajstić information content (AvgIpc) is 3.01. The first-order valence-corrected chi connectivity index (χ1v) is 8.46. The van der Waals surface area contributed by atoms with Gasteiger partial charge in [0.15, 0.2) is 5.69 Å². The molecule has 2 aliphatic rings. The molecule has 4 nitrogen and oxygen atoms in total. The molecule has 1 aromatic carbocycles. The molecule has 0 radical (unpaired) electrons. The van der Waals surface area contributed by atoms with E-state index < -0.39 is 0 Å². The zero-order valence-corrected chi connectivity index (χ0v) is 13.2. The summed E-state index contributed by atoms with van der Waals surface area (Å²) in [5, 5.41) is 11.6. The second kappa shape index (κ2) is 5.76. The number of carbonyl (C=O) groups is 1. The predicted molar refractivity (Wildman–Crippen MR) is 88.3 cm³/mol. The zero-order chi connectivity index (χ0) is 15.7. The fraction of sp³-hybridized carbons (Fsp3) is 0.421. The highest BCUT2D eigenvalue weighted by atomic mass is 16.2. The average molecular weight is 307 g/mol. The third-order valence-corrected chi connectivity index (χ3v) is 5.13. The lowest BCUT2D eigenvalue weighted by Crippen LogP contribution is -2.55. The molecule has 0 spiro atoms. The number of nitrogens with zero attached hydrogens (tertiary/aromatic N) is 2. The van der Waals surface area contributed by atoms with Crippen molar-refractivity contribution in [2.75, 3.05) is 0 Å². The number of rotatable bonds is 4. The molecule has 1 aromatic heterocycles. The minimum absolute atomic E-state index is 0.0807. The molecule has 2 aliphatic carbocycles. The molecule has 23 heavy (non-hydrogen) atoms. The summed E-state index contributed by atoms with van der Waals surface area (Å²) >= 11 is 0. The van der Waals surface area contributed by atoms with Gasteiger partial charge in [0.1, 0.15) is 0 Å². The van der Waals surface area contributed by atoms with E-state index >= 15 is 0 Å². The number of fused-ring (bicyclic) bond motifs is 1. The molecular formula is C19H21N3O. The molecular weight excluding hydrogens is 286 g/mol. The van der Waals surface area contributed by atoms with Crippen LogP contribution in [-0.2, 0) is 19.3 Å². The molecule has 1 heterocycles. The number of hydrogen-bond acceptors (Lipinski definition) is 3. The predicted octanol–water partition coefficient (Wildman–Crippen LogP) is 2.86. The van der Waals surface area contributed by atoms with Crippen molar-refractivity contribution >= 4 is 5.91 Å². The fourth-order valence-electron chi connectivity index (χ4n) is 3.68. The zero-order valence-electron chi connectivity index (χ0n) is 13.2. The van der Waals surface area contributed by atoms with Crippen LogP contribution >= 0.6 is 0 Å². The maximum Gasteiger partial charge on any atom is 0.272 e. The van der Waals surface area contributed by atoms with E-state index in [1.165, 1.54) is 17.5 Å². The van der Waals surface area contributed by atoms with Crippen LogP contribution in [0.4, 0.5) is 0 Å². The van der Waals surface area contributed by atoms with Crippen LogP contribution in [0.5, 0.6) is 0 Å². The van der Waals surface area contributed by atoms with Gasteiger partial charge in [0.05, 0.1) is 5.69 Å². The Kier molecular flexibility index (Phi) is 3.60. The summed E-state index contributed by atoms with van der Waals surface area (Å²) < 4.78 is 0. The molecule has 118 valence electrons. The van der Waals surface area contributed by atoms with Crippen molar-refractivity contribution in [1.29, 1.82) is 0 Å². The van der Waals surface area contributed by atoms with Gasteiger partial charge >= 0.3 is 0 Å². The first-order chi connectivity index (χ1) is 11.2. The fourth-order valence-corrected chi connectivity index (χ4v) is 3.68. The summed E-state index contributed by atoms with van der Waals surface area (Å²) in [7, 11) is 0. The molecule has 0 aliphatic heterocycles. The first-order valence-electron chi connectivity index (χ1n) is 8.46. The molecule has 1 amide bonds. The number of aromatic nitrogens is 2. The summed E-state index contributed by atoms with van der Waals surface area (Å²) in [5.41, 5.74) is 3.87. The summed E-state index contributed by atoms with van der Waals surface area (Å²) in [5.74, 6) is -0.0807. The highest BCUT2D eigenvalue weighted by Gasteiger charge is 2.38.